The second kappa shape index (κ2) is 7.28. The van der Waals surface area contributed by atoms with Gasteiger partial charge in [-0.2, -0.15) is 0 Å². The number of ketones is 1. The molecular formula is C14H19N3O3. The molecule has 0 saturated heterocycles. The Morgan fingerprint density at radius 1 is 1.10 bits per heavy atom. The van der Waals surface area contributed by atoms with Crippen LogP contribution in [0.3, 0.4) is 0 Å². The molecule has 3 N–H and O–H groups in total. The Morgan fingerprint density at radius 2 is 1.70 bits per heavy atom. The molecule has 0 saturated carbocycles. The Bertz CT molecular complexity index is 495. The molecule has 0 heterocycles. The summed E-state index contributed by atoms with van der Waals surface area (Å²) in [5, 5.41) is 7.68. The number of hydrogen-bond acceptors (Lipinski definition) is 3. The summed E-state index contributed by atoms with van der Waals surface area (Å²) in [5.74, 6) is -0.284. The monoisotopic (exact) mass is 277 g/mol. The Morgan fingerprint density at radius 3 is 2.20 bits per heavy atom. The fourth-order valence-corrected chi connectivity index (χ4v) is 1.50. The number of urea groups is 1. The Kier molecular flexibility index (Phi) is 5.71. The zero-order valence-electron chi connectivity index (χ0n) is 11.8. The number of carbonyl (C=O) groups is 3. The van der Waals surface area contributed by atoms with Gasteiger partial charge >= 0.3 is 6.03 Å². The van der Waals surface area contributed by atoms with Crippen molar-refractivity contribution in [2.75, 3.05) is 11.9 Å². The third-order valence-corrected chi connectivity index (χ3v) is 2.41. The Hall–Kier alpha value is -2.37. The summed E-state index contributed by atoms with van der Waals surface area (Å²) < 4.78 is 0. The van der Waals surface area contributed by atoms with E-state index >= 15 is 0 Å². The Labute approximate surface area is 117 Å². The van der Waals surface area contributed by atoms with E-state index in [9.17, 15) is 14.4 Å². The van der Waals surface area contributed by atoms with E-state index in [4.69, 9.17) is 0 Å². The van der Waals surface area contributed by atoms with Crippen LogP contribution in [0.15, 0.2) is 24.3 Å². The standard InChI is InChI=1S/C14H19N3O3/c1-9(2)16-13(19)8-15-14(20)17-12-6-4-11(5-7-12)10(3)18/h4-7,9H,8H2,1-3H3,(H,16,19)(H2,15,17,20). The molecule has 0 aliphatic rings. The van der Waals surface area contributed by atoms with Crippen LogP contribution in [-0.4, -0.2) is 30.3 Å². The molecule has 0 atom stereocenters. The normalized spacial score (nSPS) is 10.0. The first-order chi connectivity index (χ1) is 9.38. The molecule has 0 unspecified atom stereocenters. The van der Waals surface area contributed by atoms with Gasteiger partial charge in [0.2, 0.25) is 5.91 Å². The molecule has 0 aliphatic heterocycles. The second-order valence-corrected chi connectivity index (χ2v) is 4.66. The van der Waals surface area contributed by atoms with E-state index in [0.29, 0.717) is 11.3 Å². The molecule has 108 valence electrons. The number of amides is 3. The number of anilines is 1. The van der Waals surface area contributed by atoms with Crippen LogP contribution in [-0.2, 0) is 4.79 Å². The molecule has 0 spiro atoms. The molecule has 6 heteroatoms. The molecule has 6 nitrogen and oxygen atoms in total. The van der Waals surface area contributed by atoms with Crippen molar-refractivity contribution in [2.45, 2.75) is 26.8 Å². The van der Waals surface area contributed by atoms with E-state index in [1.54, 1.807) is 24.3 Å². The van der Waals surface area contributed by atoms with Crippen molar-refractivity contribution in [2.24, 2.45) is 0 Å². The zero-order chi connectivity index (χ0) is 15.1. The quantitative estimate of drug-likeness (QED) is 0.713. The summed E-state index contributed by atoms with van der Waals surface area (Å²) >= 11 is 0. The largest absolute Gasteiger partial charge is 0.352 e. The van der Waals surface area contributed by atoms with Gasteiger partial charge in [-0.3, -0.25) is 9.59 Å². The fourth-order valence-electron chi connectivity index (χ4n) is 1.50. The number of benzene rings is 1. The SMILES string of the molecule is CC(=O)c1ccc(NC(=O)NCC(=O)NC(C)C)cc1. The van der Waals surface area contributed by atoms with E-state index in [-0.39, 0.29) is 24.3 Å². The maximum absolute atomic E-state index is 11.6. The highest BCUT2D eigenvalue weighted by atomic mass is 16.2. The lowest BCUT2D eigenvalue weighted by molar-refractivity contribution is -0.120. The molecule has 0 fully saturated rings. The minimum Gasteiger partial charge on any atom is -0.352 e. The summed E-state index contributed by atoms with van der Waals surface area (Å²) in [6.45, 7) is 5.07. The van der Waals surface area contributed by atoms with E-state index < -0.39 is 6.03 Å². The Balaban J connectivity index is 2.42. The summed E-state index contributed by atoms with van der Waals surface area (Å²) in [4.78, 5) is 34.0. The van der Waals surface area contributed by atoms with E-state index in [1.807, 2.05) is 13.8 Å². The number of nitrogens with one attached hydrogen (secondary N) is 3. The predicted molar refractivity (Wildman–Crippen MR) is 76.7 cm³/mol. The van der Waals surface area contributed by atoms with Gasteiger partial charge in [-0.1, -0.05) is 0 Å². The van der Waals surface area contributed by atoms with Gasteiger partial charge < -0.3 is 16.0 Å². The molecule has 1 aromatic rings. The van der Waals surface area contributed by atoms with E-state index in [0.717, 1.165) is 0 Å². The molecule has 20 heavy (non-hydrogen) atoms. The molecule has 3 amide bonds. The van der Waals surface area contributed by atoms with E-state index in [1.165, 1.54) is 6.92 Å². The van der Waals surface area contributed by atoms with Crippen molar-refractivity contribution in [3.63, 3.8) is 0 Å². The smallest absolute Gasteiger partial charge is 0.319 e. The van der Waals surface area contributed by atoms with Gasteiger partial charge in [-0.25, -0.2) is 4.79 Å². The third kappa shape index (κ3) is 5.51. The van der Waals surface area contributed by atoms with Crippen molar-refractivity contribution in [1.29, 1.82) is 0 Å². The lowest BCUT2D eigenvalue weighted by Gasteiger charge is -2.10. The minimum atomic E-state index is -0.473. The maximum atomic E-state index is 11.6. The maximum Gasteiger partial charge on any atom is 0.319 e. The molecule has 0 bridgehead atoms. The fraction of sp³-hybridized carbons (Fsp3) is 0.357. The van der Waals surface area contributed by atoms with Crippen molar-refractivity contribution >= 4 is 23.4 Å². The van der Waals surface area contributed by atoms with Crippen molar-refractivity contribution < 1.29 is 14.4 Å². The first-order valence-electron chi connectivity index (χ1n) is 6.33. The summed E-state index contributed by atoms with van der Waals surface area (Å²) in [6, 6.07) is 6.08. The average molecular weight is 277 g/mol. The highest BCUT2D eigenvalue weighted by molar-refractivity contribution is 5.95. The zero-order valence-corrected chi connectivity index (χ0v) is 11.8. The van der Waals surface area contributed by atoms with Crippen molar-refractivity contribution in [1.82, 2.24) is 10.6 Å². The minimum absolute atomic E-state index is 0.0338. The number of carbonyl (C=O) groups excluding carboxylic acids is 3. The van der Waals surface area contributed by atoms with Gasteiger partial charge in [0, 0.05) is 17.3 Å². The highest BCUT2D eigenvalue weighted by Gasteiger charge is 2.07. The van der Waals surface area contributed by atoms with Gasteiger partial charge in [0.1, 0.15) is 0 Å². The van der Waals surface area contributed by atoms with Crippen LogP contribution in [0, 0.1) is 0 Å². The lowest BCUT2D eigenvalue weighted by atomic mass is 10.1. The first-order valence-corrected chi connectivity index (χ1v) is 6.33. The van der Waals surface area contributed by atoms with Gasteiger partial charge in [0.05, 0.1) is 6.54 Å². The number of Topliss-reactive ketones (excluding diaryl/α,β-unsaturated/α-hetero) is 1. The summed E-state index contributed by atoms with van der Waals surface area (Å²) in [5.41, 5.74) is 1.13. The molecule has 0 radical (unpaired) electrons. The van der Waals surface area contributed by atoms with Crippen molar-refractivity contribution in [3.05, 3.63) is 29.8 Å². The van der Waals surface area contributed by atoms with Crippen LogP contribution in [0.2, 0.25) is 0 Å². The molecule has 1 aromatic carbocycles. The van der Waals surface area contributed by atoms with E-state index in [2.05, 4.69) is 16.0 Å². The molecular weight excluding hydrogens is 258 g/mol. The average Bonchev–Trinajstić information content (AvgIpc) is 2.36. The van der Waals surface area contributed by atoms with Gasteiger partial charge in [0.25, 0.3) is 0 Å². The summed E-state index contributed by atoms with van der Waals surface area (Å²) in [6.07, 6.45) is 0. The molecule has 0 aromatic heterocycles. The first kappa shape index (κ1) is 15.7. The summed E-state index contributed by atoms with van der Waals surface area (Å²) in [7, 11) is 0. The van der Waals surface area contributed by atoms with Crippen LogP contribution in [0.5, 0.6) is 0 Å². The van der Waals surface area contributed by atoms with Gasteiger partial charge in [-0.05, 0) is 45.0 Å². The second-order valence-electron chi connectivity index (χ2n) is 4.66. The predicted octanol–water partition coefficient (Wildman–Crippen LogP) is 1.54. The van der Waals surface area contributed by atoms with Gasteiger partial charge in [0.15, 0.2) is 5.78 Å². The number of rotatable bonds is 5. The third-order valence-electron chi connectivity index (χ3n) is 2.41. The highest BCUT2D eigenvalue weighted by Crippen LogP contribution is 2.09. The van der Waals surface area contributed by atoms with Crippen LogP contribution < -0.4 is 16.0 Å². The molecule has 0 aliphatic carbocycles. The number of hydrogen-bond donors (Lipinski definition) is 3. The van der Waals surface area contributed by atoms with Crippen LogP contribution in [0.4, 0.5) is 10.5 Å². The van der Waals surface area contributed by atoms with Crippen LogP contribution >= 0.6 is 0 Å². The van der Waals surface area contributed by atoms with Crippen molar-refractivity contribution in [3.8, 4) is 0 Å². The van der Waals surface area contributed by atoms with Crippen LogP contribution in [0.25, 0.3) is 0 Å². The molecule has 1 rings (SSSR count). The van der Waals surface area contributed by atoms with Crippen LogP contribution in [0.1, 0.15) is 31.1 Å². The van der Waals surface area contributed by atoms with Gasteiger partial charge in [-0.15, -0.1) is 0 Å². The lowest BCUT2D eigenvalue weighted by Crippen LogP contribution is -2.41. The topological polar surface area (TPSA) is 87.3 Å².